The van der Waals surface area contributed by atoms with Crippen LogP contribution in [0.2, 0.25) is 0 Å². The molecule has 2 N–H and O–H groups in total. The lowest BCUT2D eigenvalue weighted by molar-refractivity contribution is -0.137. The molecular weight excluding hydrogens is 443 g/mol. The first-order valence-corrected chi connectivity index (χ1v) is 11.9. The Balaban J connectivity index is 1.95. The summed E-state index contributed by atoms with van der Waals surface area (Å²) in [5.74, 6) is -1.35. The van der Waals surface area contributed by atoms with Gasteiger partial charge in [0.05, 0.1) is 12.5 Å². The fraction of sp³-hybridized carbons (Fsp3) is 0.583. The Morgan fingerprint density at radius 3 is 2.47 bits per heavy atom. The molecular formula is C24H33FN4O5. The number of rotatable bonds is 9. The number of carboxylic acid groups (broad SMARTS) is 1. The topological polar surface area (TPSA) is 115 Å². The van der Waals surface area contributed by atoms with Gasteiger partial charge in [-0.05, 0) is 44.7 Å². The number of aliphatic carboxylic acids is 1. The molecule has 1 aliphatic carbocycles. The Kier molecular flexibility index (Phi) is 8.84. The summed E-state index contributed by atoms with van der Waals surface area (Å²) in [4.78, 5) is 40.8. The van der Waals surface area contributed by atoms with Gasteiger partial charge in [0.1, 0.15) is 0 Å². The first-order valence-electron chi connectivity index (χ1n) is 11.9. The zero-order valence-corrected chi connectivity index (χ0v) is 19.8. The third kappa shape index (κ3) is 6.91. The molecule has 1 saturated carbocycles. The highest BCUT2D eigenvalue weighted by atomic mass is 19.1. The smallest absolute Gasteiger partial charge is 0.354 e. The molecule has 1 aromatic carbocycles. The molecule has 0 amide bonds. The lowest BCUT2D eigenvalue weighted by atomic mass is 9.91. The number of anilines is 2. The second kappa shape index (κ2) is 11.8. The molecule has 186 valence electrons. The van der Waals surface area contributed by atoms with Crippen LogP contribution in [0.15, 0.2) is 27.8 Å². The number of nitrogens with one attached hydrogen (secondary N) is 1. The average molecular weight is 477 g/mol. The van der Waals surface area contributed by atoms with Gasteiger partial charge >= 0.3 is 17.3 Å². The molecule has 0 unspecified atom stereocenters. The Bertz CT molecular complexity index is 1100. The first-order chi connectivity index (χ1) is 16.2. The lowest BCUT2D eigenvalue weighted by Crippen LogP contribution is -2.43. The van der Waals surface area contributed by atoms with Gasteiger partial charge in [0.2, 0.25) is 5.95 Å². The van der Waals surface area contributed by atoms with E-state index in [9.17, 15) is 18.8 Å². The van der Waals surface area contributed by atoms with Gasteiger partial charge in [0.25, 0.3) is 0 Å². The fourth-order valence-electron chi connectivity index (χ4n) is 4.23. The molecule has 0 aliphatic heterocycles. The van der Waals surface area contributed by atoms with E-state index in [0.717, 1.165) is 43.1 Å². The standard InChI is InChI=1S/C24H33FN4O5/c1-16(2)34-20-11-10-18(14-19(20)25)26-22-27-23(32)28(13-12-21(30)31)24(33)29(22)15-17-8-6-4-3-5-7-9-17/h10-11,14,16-17H,3-9,12-13,15H2,1-2H3,(H,30,31)(H,26,27,32). The van der Waals surface area contributed by atoms with E-state index in [1.807, 2.05) is 0 Å². The molecule has 1 fully saturated rings. The maximum Gasteiger partial charge on any atom is 0.354 e. The normalized spacial score (nSPS) is 15.1. The highest BCUT2D eigenvalue weighted by molar-refractivity contribution is 5.66. The van der Waals surface area contributed by atoms with Gasteiger partial charge < -0.3 is 15.2 Å². The Hall–Kier alpha value is -3.17. The van der Waals surface area contributed by atoms with Crippen molar-refractivity contribution in [1.29, 1.82) is 0 Å². The summed E-state index contributed by atoms with van der Waals surface area (Å²) >= 11 is 0. The van der Waals surface area contributed by atoms with E-state index in [4.69, 9.17) is 9.84 Å². The number of hydrogen-bond acceptors (Lipinski definition) is 6. The van der Waals surface area contributed by atoms with Crippen molar-refractivity contribution in [2.24, 2.45) is 5.92 Å². The summed E-state index contributed by atoms with van der Waals surface area (Å²) in [6.45, 7) is 3.67. The number of carboxylic acids is 1. The van der Waals surface area contributed by atoms with Crippen LogP contribution in [0.25, 0.3) is 0 Å². The molecule has 0 bridgehead atoms. The highest BCUT2D eigenvalue weighted by Crippen LogP contribution is 2.26. The number of carbonyl (C=O) groups is 1. The van der Waals surface area contributed by atoms with Gasteiger partial charge in [0.15, 0.2) is 11.6 Å². The van der Waals surface area contributed by atoms with Crippen molar-refractivity contribution in [2.75, 3.05) is 5.32 Å². The lowest BCUT2D eigenvalue weighted by Gasteiger charge is -2.23. The molecule has 9 nitrogen and oxygen atoms in total. The third-order valence-electron chi connectivity index (χ3n) is 5.92. The Morgan fingerprint density at radius 2 is 1.85 bits per heavy atom. The van der Waals surface area contributed by atoms with Crippen LogP contribution in [-0.2, 0) is 17.9 Å². The molecule has 2 aromatic rings. The molecule has 34 heavy (non-hydrogen) atoms. The van der Waals surface area contributed by atoms with E-state index in [2.05, 4.69) is 10.3 Å². The second-order valence-electron chi connectivity index (χ2n) is 9.05. The first kappa shape index (κ1) is 25.5. The number of ether oxygens (including phenoxy) is 1. The summed E-state index contributed by atoms with van der Waals surface area (Å²) in [5, 5.41) is 11.9. The van der Waals surface area contributed by atoms with Gasteiger partial charge in [-0.2, -0.15) is 4.98 Å². The van der Waals surface area contributed by atoms with Crippen LogP contribution in [0.1, 0.15) is 65.2 Å². The van der Waals surface area contributed by atoms with Crippen molar-refractivity contribution in [2.45, 2.75) is 84.4 Å². The quantitative estimate of drug-likeness (QED) is 0.564. The molecule has 1 aromatic heterocycles. The summed E-state index contributed by atoms with van der Waals surface area (Å²) in [6.07, 6.45) is 6.99. The SMILES string of the molecule is CC(C)Oc1ccc(Nc2nc(=O)n(CCC(=O)O)c(=O)n2CC2CCCCCCC2)cc1F. The highest BCUT2D eigenvalue weighted by Gasteiger charge is 2.19. The van der Waals surface area contributed by atoms with E-state index in [1.165, 1.54) is 23.1 Å². The van der Waals surface area contributed by atoms with Crippen molar-refractivity contribution in [3.05, 3.63) is 45.0 Å². The summed E-state index contributed by atoms with van der Waals surface area (Å²) in [7, 11) is 0. The molecule has 1 aliphatic rings. The molecule has 1 heterocycles. The van der Waals surface area contributed by atoms with Crippen molar-refractivity contribution in [1.82, 2.24) is 14.1 Å². The maximum absolute atomic E-state index is 14.5. The number of nitrogens with zero attached hydrogens (tertiary/aromatic N) is 3. The van der Waals surface area contributed by atoms with Gasteiger partial charge in [-0.25, -0.2) is 18.5 Å². The molecule has 10 heteroatoms. The van der Waals surface area contributed by atoms with Crippen molar-refractivity contribution < 1.29 is 19.0 Å². The van der Waals surface area contributed by atoms with Gasteiger partial charge in [-0.15, -0.1) is 0 Å². The zero-order chi connectivity index (χ0) is 24.7. The van der Waals surface area contributed by atoms with Gasteiger partial charge in [-0.3, -0.25) is 9.36 Å². The van der Waals surface area contributed by atoms with Crippen molar-refractivity contribution in [3.8, 4) is 5.75 Å². The minimum atomic E-state index is -1.11. The minimum Gasteiger partial charge on any atom is -0.488 e. The number of hydrogen-bond donors (Lipinski definition) is 2. The largest absolute Gasteiger partial charge is 0.488 e. The molecule has 0 saturated heterocycles. The third-order valence-corrected chi connectivity index (χ3v) is 5.92. The molecule has 3 rings (SSSR count). The number of halogens is 1. The Labute approximate surface area is 197 Å². The number of benzene rings is 1. The zero-order valence-electron chi connectivity index (χ0n) is 19.8. The minimum absolute atomic E-state index is 0.0144. The van der Waals surface area contributed by atoms with Crippen LogP contribution in [0.4, 0.5) is 16.0 Å². The van der Waals surface area contributed by atoms with Gasteiger partial charge in [-0.1, -0.05) is 32.1 Å². The van der Waals surface area contributed by atoms with Crippen molar-refractivity contribution >= 4 is 17.6 Å². The predicted molar refractivity (Wildman–Crippen MR) is 126 cm³/mol. The van der Waals surface area contributed by atoms with Crippen LogP contribution in [-0.4, -0.2) is 31.3 Å². The van der Waals surface area contributed by atoms with Crippen LogP contribution < -0.4 is 21.4 Å². The van der Waals surface area contributed by atoms with Crippen LogP contribution in [0.3, 0.4) is 0 Å². The van der Waals surface area contributed by atoms with Crippen LogP contribution in [0.5, 0.6) is 5.75 Å². The van der Waals surface area contributed by atoms with Crippen molar-refractivity contribution in [3.63, 3.8) is 0 Å². The van der Waals surface area contributed by atoms with Crippen LogP contribution >= 0.6 is 0 Å². The van der Waals surface area contributed by atoms with E-state index >= 15 is 0 Å². The van der Waals surface area contributed by atoms with Gasteiger partial charge in [0, 0.05) is 24.8 Å². The maximum atomic E-state index is 14.5. The predicted octanol–water partition coefficient (Wildman–Crippen LogP) is 3.91. The van der Waals surface area contributed by atoms with E-state index in [-0.39, 0.29) is 36.7 Å². The number of aromatic nitrogens is 3. The van der Waals surface area contributed by atoms with E-state index in [1.54, 1.807) is 19.9 Å². The summed E-state index contributed by atoms with van der Waals surface area (Å²) < 4.78 is 22.1. The Morgan fingerprint density at radius 1 is 1.18 bits per heavy atom. The second-order valence-corrected chi connectivity index (χ2v) is 9.05. The van der Waals surface area contributed by atoms with Crippen LogP contribution in [0, 0.1) is 11.7 Å². The molecule has 0 spiro atoms. The fourth-order valence-corrected chi connectivity index (χ4v) is 4.23. The molecule has 0 atom stereocenters. The summed E-state index contributed by atoms with van der Waals surface area (Å²) in [6, 6.07) is 4.28. The monoisotopic (exact) mass is 476 g/mol. The average Bonchev–Trinajstić information content (AvgIpc) is 2.73. The molecule has 0 radical (unpaired) electrons. The summed E-state index contributed by atoms with van der Waals surface area (Å²) in [5.41, 5.74) is -1.15. The van der Waals surface area contributed by atoms with E-state index in [0.29, 0.717) is 12.2 Å². The van der Waals surface area contributed by atoms with E-state index < -0.39 is 23.2 Å².